The van der Waals surface area contributed by atoms with Crippen molar-refractivity contribution in [3.8, 4) is 11.3 Å². The Morgan fingerprint density at radius 1 is 1.00 bits per heavy atom. The molecule has 2 rings (SSSR count). The van der Waals surface area contributed by atoms with Crippen LogP contribution in [-0.4, -0.2) is 27.6 Å². The van der Waals surface area contributed by atoms with Crippen LogP contribution in [0.25, 0.3) is 17.3 Å². The van der Waals surface area contributed by atoms with Crippen molar-refractivity contribution >= 4 is 12.0 Å². The molecule has 0 amide bonds. The van der Waals surface area contributed by atoms with Crippen molar-refractivity contribution in [2.24, 2.45) is 0 Å². The molecule has 0 N–H and O–H groups in total. The fourth-order valence-corrected chi connectivity index (χ4v) is 3.12. The molecule has 0 saturated carbocycles. The maximum atomic E-state index is 12.0. The number of rotatable bonds is 13. The summed E-state index contributed by atoms with van der Waals surface area (Å²) in [6.07, 6.45) is 12.5. The molecule has 0 atom stereocenters. The third kappa shape index (κ3) is 7.84. The highest BCUT2D eigenvalue weighted by Crippen LogP contribution is 2.23. The summed E-state index contributed by atoms with van der Waals surface area (Å²) in [7, 11) is 0. The summed E-state index contributed by atoms with van der Waals surface area (Å²) in [4.78, 5) is 12.0. The quantitative estimate of drug-likeness (QED) is 0.237. The third-order valence-electron chi connectivity index (χ3n) is 4.94. The van der Waals surface area contributed by atoms with Gasteiger partial charge < -0.3 is 4.74 Å². The summed E-state index contributed by atoms with van der Waals surface area (Å²) in [5.74, 6) is -0.319. The van der Waals surface area contributed by atoms with Gasteiger partial charge in [-0.2, -0.15) is 0 Å². The van der Waals surface area contributed by atoms with Crippen molar-refractivity contribution in [3.63, 3.8) is 0 Å². The lowest BCUT2D eigenvalue weighted by molar-refractivity contribution is -0.137. The molecule has 1 heterocycles. The second-order valence-corrected chi connectivity index (χ2v) is 7.53. The smallest absolute Gasteiger partial charge is 0.330 e. The number of carbonyl (C=O) groups excluding carboxylic acids is 1. The standard InChI is InChI=1S/C24H35N3O2/c1-4-6-8-9-10-11-18-27-22(16-17-23(28)29-19-7-5-2)24(25-26-27)21-14-12-20(3)13-15-21/h12-17H,4-11,18-19H2,1-3H3/b17-16+. The topological polar surface area (TPSA) is 57.0 Å². The Bertz CT molecular complexity index is 763. The number of esters is 1. The van der Waals surface area contributed by atoms with Gasteiger partial charge >= 0.3 is 5.97 Å². The van der Waals surface area contributed by atoms with Crippen molar-refractivity contribution in [3.05, 3.63) is 41.6 Å². The normalized spacial score (nSPS) is 11.3. The van der Waals surface area contributed by atoms with E-state index in [1.807, 2.05) is 16.8 Å². The van der Waals surface area contributed by atoms with Gasteiger partial charge in [-0.05, 0) is 25.8 Å². The minimum absolute atomic E-state index is 0.319. The first-order valence-corrected chi connectivity index (χ1v) is 11.0. The predicted octanol–water partition coefficient (Wildman–Crippen LogP) is 5.97. The number of carbonyl (C=O) groups is 1. The van der Waals surface area contributed by atoms with E-state index in [4.69, 9.17) is 4.74 Å². The minimum Gasteiger partial charge on any atom is -0.463 e. The Morgan fingerprint density at radius 3 is 2.41 bits per heavy atom. The molecule has 0 saturated heterocycles. The van der Waals surface area contributed by atoms with Crippen LogP contribution < -0.4 is 0 Å². The average Bonchev–Trinajstić information content (AvgIpc) is 3.12. The first-order valence-electron chi connectivity index (χ1n) is 11.0. The van der Waals surface area contributed by atoms with Crippen LogP contribution in [0.15, 0.2) is 30.3 Å². The lowest BCUT2D eigenvalue weighted by Gasteiger charge is -2.06. The summed E-state index contributed by atoms with van der Waals surface area (Å²) >= 11 is 0. The first-order chi connectivity index (χ1) is 14.2. The molecule has 5 nitrogen and oxygen atoms in total. The van der Waals surface area contributed by atoms with Crippen molar-refractivity contribution in [2.45, 2.75) is 78.7 Å². The summed E-state index contributed by atoms with van der Waals surface area (Å²) < 4.78 is 7.15. The molecule has 0 spiro atoms. The SMILES string of the molecule is CCCCCCCCn1nnc(-c2ccc(C)cc2)c1/C=C/C(=O)OCCCC. The van der Waals surface area contributed by atoms with Gasteiger partial charge in [0.1, 0.15) is 5.69 Å². The Balaban J connectivity index is 2.11. The van der Waals surface area contributed by atoms with Crippen LogP contribution in [0.1, 0.15) is 76.5 Å². The largest absolute Gasteiger partial charge is 0.463 e. The van der Waals surface area contributed by atoms with Crippen LogP contribution in [0.3, 0.4) is 0 Å². The Labute approximate surface area is 175 Å². The number of aryl methyl sites for hydroxylation is 2. The molecular formula is C24H35N3O2. The number of hydrogen-bond donors (Lipinski definition) is 0. The van der Waals surface area contributed by atoms with Gasteiger partial charge in [0.25, 0.3) is 0 Å². The lowest BCUT2D eigenvalue weighted by Crippen LogP contribution is -2.05. The second-order valence-electron chi connectivity index (χ2n) is 7.53. The Kier molecular flexibility index (Phi) is 10.2. The summed E-state index contributed by atoms with van der Waals surface area (Å²) in [6, 6.07) is 8.22. The number of benzene rings is 1. The van der Waals surface area contributed by atoms with Crippen LogP contribution in [0.2, 0.25) is 0 Å². The van der Waals surface area contributed by atoms with Gasteiger partial charge in [-0.1, -0.05) is 87.4 Å². The van der Waals surface area contributed by atoms with E-state index in [1.54, 1.807) is 6.08 Å². The summed E-state index contributed by atoms with van der Waals surface area (Å²) in [5, 5.41) is 8.77. The zero-order valence-corrected chi connectivity index (χ0v) is 18.2. The fraction of sp³-hybridized carbons (Fsp3) is 0.542. The van der Waals surface area contributed by atoms with E-state index in [-0.39, 0.29) is 5.97 Å². The van der Waals surface area contributed by atoms with Gasteiger partial charge in [-0.15, -0.1) is 5.10 Å². The maximum absolute atomic E-state index is 12.0. The molecule has 0 unspecified atom stereocenters. The molecule has 29 heavy (non-hydrogen) atoms. The van der Waals surface area contributed by atoms with Crippen LogP contribution in [-0.2, 0) is 16.1 Å². The number of nitrogens with zero attached hydrogens (tertiary/aromatic N) is 3. The van der Waals surface area contributed by atoms with Gasteiger partial charge in [0.2, 0.25) is 0 Å². The van der Waals surface area contributed by atoms with E-state index in [0.717, 1.165) is 42.8 Å². The van der Waals surface area contributed by atoms with Gasteiger partial charge in [0.05, 0.1) is 12.3 Å². The van der Waals surface area contributed by atoms with Crippen molar-refractivity contribution in [2.75, 3.05) is 6.61 Å². The lowest BCUT2D eigenvalue weighted by atomic mass is 10.1. The van der Waals surface area contributed by atoms with Crippen molar-refractivity contribution < 1.29 is 9.53 Å². The van der Waals surface area contributed by atoms with E-state index in [1.165, 1.54) is 43.7 Å². The fourth-order valence-electron chi connectivity index (χ4n) is 3.12. The molecule has 0 bridgehead atoms. The van der Waals surface area contributed by atoms with Crippen LogP contribution in [0, 0.1) is 6.92 Å². The highest BCUT2D eigenvalue weighted by Gasteiger charge is 2.13. The zero-order valence-electron chi connectivity index (χ0n) is 18.2. The average molecular weight is 398 g/mol. The second kappa shape index (κ2) is 12.9. The van der Waals surface area contributed by atoms with E-state index in [0.29, 0.717) is 6.61 Å². The molecule has 2 aromatic rings. The highest BCUT2D eigenvalue weighted by atomic mass is 16.5. The Hall–Kier alpha value is -2.43. The van der Waals surface area contributed by atoms with Crippen molar-refractivity contribution in [1.82, 2.24) is 15.0 Å². The van der Waals surface area contributed by atoms with Gasteiger partial charge in [-0.25, -0.2) is 9.48 Å². The molecule has 0 radical (unpaired) electrons. The molecular weight excluding hydrogens is 362 g/mol. The molecule has 5 heteroatoms. The summed E-state index contributed by atoms with van der Waals surface area (Å²) in [6.45, 7) is 7.62. The minimum atomic E-state index is -0.319. The molecule has 0 fully saturated rings. The van der Waals surface area contributed by atoms with E-state index in [9.17, 15) is 4.79 Å². The first kappa shape index (κ1) is 22.9. The maximum Gasteiger partial charge on any atom is 0.330 e. The highest BCUT2D eigenvalue weighted by molar-refractivity contribution is 5.88. The van der Waals surface area contributed by atoms with Crippen molar-refractivity contribution in [1.29, 1.82) is 0 Å². The van der Waals surface area contributed by atoms with E-state index in [2.05, 4.69) is 43.2 Å². The van der Waals surface area contributed by atoms with Gasteiger partial charge in [-0.3, -0.25) is 0 Å². The number of ether oxygens (including phenoxy) is 1. The molecule has 158 valence electrons. The molecule has 0 aliphatic carbocycles. The monoisotopic (exact) mass is 397 g/mol. The zero-order chi connectivity index (χ0) is 20.9. The number of aromatic nitrogens is 3. The van der Waals surface area contributed by atoms with Gasteiger partial charge in [0, 0.05) is 18.2 Å². The van der Waals surface area contributed by atoms with Crippen LogP contribution in [0.4, 0.5) is 0 Å². The van der Waals surface area contributed by atoms with Gasteiger partial charge in [0.15, 0.2) is 0 Å². The summed E-state index contributed by atoms with van der Waals surface area (Å²) in [5.41, 5.74) is 3.86. The van der Waals surface area contributed by atoms with E-state index < -0.39 is 0 Å². The molecule has 0 aliphatic rings. The third-order valence-corrected chi connectivity index (χ3v) is 4.94. The number of unbranched alkanes of at least 4 members (excludes halogenated alkanes) is 6. The van der Waals surface area contributed by atoms with Crippen LogP contribution in [0.5, 0.6) is 0 Å². The van der Waals surface area contributed by atoms with Crippen LogP contribution >= 0.6 is 0 Å². The predicted molar refractivity (Wildman–Crippen MR) is 118 cm³/mol. The molecule has 1 aromatic heterocycles. The Morgan fingerprint density at radius 2 is 1.69 bits per heavy atom. The van der Waals surface area contributed by atoms with E-state index >= 15 is 0 Å². The molecule has 0 aliphatic heterocycles. The number of hydrogen-bond acceptors (Lipinski definition) is 4. The molecule has 1 aromatic carbocycles.